The van der Waals surface area contributed by atoms with Gasteiger partial charge in [0.1, 0.15) is 5.82 Å². The maximum atomic E-state index is 6.19. The number of nitrogens with zero attached hydrogens (tertiary/aromatic N) is 2. The van der Waals surface area contributed by atoms with E-state index in [2.05, 4.69) is 21.6 Å². The van der Waals surface area contributed by atoms with Gasteiger partial charge in [-0.1, -0.05) is 13.3 Å². The molecular weight excluding hydrogens is 254 g/mol. The summed E-state index contributed by atoms with van der Waals surface area (Å²) in [5.41, 5.74) is 0. The van der Waals surface area contributed by atoms with Crippen molar-refractivity contribution in [2.45, 2.75) is 50.8 Å². The van der Waals surface area contributed by atoms with Crippen molar-refractivity contribution < 1.29 is 0 Å². The molecule has 1 saturated carbocycles. The Morgan fingerprint density at radius 2 is 2.35 bits per heavy atom. The van der Waals surface area contributed by atoms with Crippen LogP contribution in [0.4, 0.5) is 5.13 Å². The number of hydrogen-bond acceptors (Lipinski definition) is 4. The summed E-state index contributed by atoms with van der Waals surface area (Å²) in [6.45, 7) is 3.14. The van der Waals surface area contributed by atoms with Crippen molar-refractivity contribution in [2.24, 2.45) is 5.92 Å². The van der Waals surface area contributed by atoms with Crippen LogP contribution in [0.1, 0.15) is 44.9 Å². The van der Waals surface area contributed by atoms with Gasteiger partial charge in [-0.2, -0.15) is 4.37 Å². The fourth-order valence-corrected chi connectivity index (χ4v) is 3.32. The van der Waals surface area contributed by atoms with E-state index in [4.69, 9.17) is 11.6 Å². The van der Waals surface area contributed by atoms with Gasteiger partial charge in [-0.05, 0) is 31.6 Å². The molecule has 0 aromatic carbocycles. The van der Waals surface area contributed by atoms with Gasteiger partial charge < -0.3 is 5.32 Å². The lowest BCUT2D eigenvalue weighted by atomic mass is 9.89. The zero-order valence-electron chi connectivity index (χ0n) is 10.3. The second-order valence-electron chi connectivity index (χ2n) is 4.78. The monoisotopic (exact) mass is 273 g/mol. The molecule has 3 nitrogen and oxygen atoms in total. The number of nitrogens with one attached hydrogen (secondary N) is 1. The van der Waals surface area contributed by atoms with Crippen LogP contribution in [-0.2, 0) is 6.42 Å². The number of aromatic nitrogens is 2. The van der Waals surface area contributed by atoms with Crippen molar-refractivity contribution in [1.29, 1.82) is 0 Å². The van der Waals surface area contributed by atoms with E-state index in [0.717, 1.165) is 36.8 Å². The topological polar surface area (TPSA) is 37.8 Å². The zero-order valence-corrected chi connectivity index (χ0v) is 11.9. The van der Waals surface area contributed by atoms with Gasteiger partial charge in [0.25, 0.3) is 0 Å². The standard InChI is InChI=1S/C12H20ClN3S/c1-2-4-11-15-12(17-16-11)14-8-9-5-3-6-10(13)7-9/h9-10H,2-8H2,1H3,(H,14,15,16). The van der Waals surface area contributed by atoms with Crippen molar-refractivity contribution in [3.05, 3.63) is 5.82 Å². The first-order valence-corrected chi connectivity index (χ1v) is 7.69. The Kier molecular flexibility index (Phi) is 5.04. The van der Waals surface area contributed by atoms with Crippen LogP contribution in [0.3, 0.4) is 0 Å². The van der Waals surface area contributed by atoms with Gasteiger partial charge in [0, 0.05) is 29.9 Å². The number of anilines is 1. The molecule has 0 spiro atoms. The molecule has 5 heteroatoms. The first-order valence-electron chi connectivity index (χ1n) is 6.48. The van der Waals surface area contributed by atoms with Crippen LogP contribution in [0.5, 0.6) is 0 Å². The molecule has 0 amide bonds. The highest BCUT2D eigenvalue weighted by atomic mass is 35.5. The Morgan fingerprint density at radius 3 is 3.12 bits per heavy atom. The average Bonchev–Trinajstić information content (AvgIpc) is 2.75. The van der Waals surface area contributed by atoms with Gasteiger partial charge in [0.05, 0.1) is 0 Å². The normalized spacial score (nSPS) is 24.8. The van der Waals surface area contributed by atoms with Gasteiger partial charge in [-0.3, -0.25) is 0 Å². The number of aryl methyl sites for hydroxylation is 1. The molecular formula is C12H20ClN3S. The van der Waals surface area contributed by atoms with Crippen LogP contribution in [0, 0.1) is 5.92 Å². The van der Waals surface area contributed by atoms with Crippen LogP contribution in [0.25, 0.3) is 0 Å². The third-order valence-corrected chi connectivity index (χ3v) is 4.31. The van der Waals surface area contributed by atoms with Crippen LogP contribution in [-0.4, -0.2) is 21.3 Å². The summed E-state index contributed by atoms with van der Waals surface area (Å²) < 4.78 is 4.33. The fourth-order valence-electron chi connectivity index (χ4n) is 2.29. The van der Waals surface area contributed by atoms with Crippen molar-refractivity contribution in [2.75, 3.05) is 11.9 Å². The molecule has 17 heavy (non-hydrogen) atoms. The van der Waals surface area contributed by atoms with E-state index in [1.165, 1.54) is 30.8 Å². The van der Waals surface area contributed by atoms with Crippen LogP contribution in [0.2, 0.25) is 0 Å². The predicted octanol–water partition coefficient (Wildman–Crippen LogP) is 3.70. The molecule has 0 aliphatic heterocycles. The van der Waals surface area contributed by atoms with Gasteiger partial charge in [0.2, 0.25) is 5.13 Å². The number of rotatable bonds is 5. The molecule has 0 saturated heterocycles. The molecule has 0 radical (unpaired) electrons. The number of alkyl halides is 1. The average molecular weight is 274 g/mol. The Labute approximate surface area is 112 Å². The Morgan fingerprint density at radius 1 is 1.47 bits per heavy atom. The van der Waals surface area contributed by atoms with E-state index in [1.807, 2.05) is 0 Å². The van der Waals surface area contributed by atoms with Crippen molar-refractivity contribution >= 4 is 28.3 Å². The molecule has 1 aliphatic carbocycles. The number of hydrogen-bond donors (Lipinski definition) is 1. The van der Waals surface area contributed by atoms with Crippen molar-refractivity contribution in [3.8, 4) is 0 Å². The quantitative estimate of drug-likeness (QED) is 0.832. The summed E-state index contributed by atoms with van der Waals surface area (Å²) in [5.74, 6) is 1.67. The third-order valence-electron chi connectivity index (χ3n) is 3.20. The van der Waals surface area contributed by atoms with Gasteiger partial charge in [-0.25, -0.2) is 4.98 Å². The molecule has 1 aromatic rings. The molecule has 2 atom stereocenters. The molecule has 1 heterocycles. The fraction of sp³-hybridized carbons (Fsp3) is 0.833. The maximum absolute atomic E-state index is 6.19. The predicted molar refractivity (Wildman–Crippen MR) is 74.0 cm³/mol. The highest BCUT2D eigenvalue weighted by Gasteiger charge is 2.20. The summed E-state index contributed by atoms with van der Waals surface area (Å²) in [6, 6.07) is 0. The lowest BCUT2D eigenvalue weighted by Crippen LogP contribution is -2.22. The van der Waals surface area contributed by atoms with E-state index in [1.54, 1.807) is 0 Å². The second kappa shape index (κ2) is 6.55. The molecule has 2 unspecified atom stereocenters. The summed E-state index contributed by atoms with van der Waals surface area (Å²) in [6.07, 6.45) is 6.94. The first-order chi connectivity index (χ1) is 8.28. The molecule has 0 bridgehead atoms. The summed E-state index contributed by atoms with van der Waals surface area (Å²) >= 11 is 7.66. The Bertz CT molecular complexity index is 342. The van der Waals surface area contributed by atoms with Crippen LogP contribution in [0.15, 0.2) is 0 Å². The van der Waals surface area contributed by atoms with Gasteiger partial charge >= 0.3 is 0 Å². The van der Waals surface area contributed by atoms with Crippen molar-refractivity contribution in [1.82, 2.24) is 9.36 Å². The van der Waals surface area contributed by atoms with Gasteiger partial charge in [0.15, 0.2) is 0 Å². The van der Waals surface area contributed by atoms with Crippen molar-refractivity contribution in [3.63, 3.8) is 0 Å². The maximum Gasteiger partial charge on any atom is 0.202 e. The lowest BCUT2D eigenvalue weighted by Gasteiger charge is -2.25. The largest absolute Gasteiger partial charge is 0.360 e. The van der Waals surface area contributed by atoms with Gasteiger partial charge in [-0.15, -0.1) is 11.6 Å². The third kappa shape index (κ3) is 4.11. The van der Waals surface area contributed by atoms with Crippen LogP contribution >= 0.6 is 23.1 Å². The van der Waals surface area contributed by atoms with E-state index in [-0.39, 0.29) is 0 Å². The van der Waals surface area contributed by atoms with E-state index >= 15 is 0 Å². The van der Waals surface area contributed by atoms with E-state index < -0.39 is 0 Å². The smallest absolute Gasteiger partial charge is 0.202 e. The second-order valence-corrected chi connectivity index (χ2v) is 6.15. The SMILES string of the molecule is CCCc1nsc(NCC2CCCC(Cl)C2)n1. The highest BCUT2D eigenvalue weighted by Crippen LogP contribution is 2.28. The minimum Gasteiger partial charge on any atom is -0.360 e. The minimum absolute atomic E-state index is 0.376. The Hall–Kier alpha value is -0.350. The molecule has 1 fully saturated rings. The summed E-state index contributed by atoms with van der Waals surface area (Å²) in [5, 5.41) is 4.74. The number of halogens is 1. The summed E-state index contributed by atoms with van der Waals surface area (Å²) in [4.78, 5) is 4.47. The van der Waals surface area contributed by atoms with E-state index in [9.17, 15) is 0 Å². The summed E-state index contributed by atoms with van der Waals surface area (Å²) in [7, 11) is 0. The molecule has 96 valence electrons. The van der Waals surface area contributed by atoms with Crippen LogP contribution < -0.4 is 5.32 Å². The minimum atomic E-state index is 0.376. The molecule has 2 rings (SSSR count). The lowest BCUT2D eigenvalue weighted by molar-refractivity contribution is 0.378. The van der Waals surface area contributed by atoms with E-state index in [0.29, 0.717) is 11.3 Å². The Balaban J connectivity index is 1.76. The zero-order chi connectivity index (χ0) is 12.1. The molecule has 1 aliphatic rings. The molecule has 1 aromatic heterocycles. The highest BCUT2D eigenvalue weighted by molar-refractivity contribution is 7.09. The first kappa shape index (κ1) is 13.1. The molecule has 1 N–H and O–H groups in total.